The standard InChI is InChI=1S/C12H9IN2O3/c1-7-4-11(15-14-6-7)18-10-3-2-8(13)5-9(10)12(16)17/h2-6H,1H3,(H,16,17). The molecule has 0 fully saturated rings. The van der Waals surface area contributed by atoms with E-state index in [1.807, 2.05) is 29.5 Å². The Bertz CT molecular complexity index is 602. The minimum atomic E-state index is -1.04. The van der Waals surface area contributed by atoms with Gasteiger partial charge in [-0.05, 0) is 53.3 Å². The molecule has 0 amide bonds. The third-order valence-corrected chi connectivity index (χ3v) is 2.83. The second-order valence-electron chi connectivity index (χ2n) is 3.62. The number of carbonyl (C=O) groups is 1. The van der Waals surface area contributed by atoms with E-state index in [-0.39, 0.29) is 17.2 Å². The molecule has 0 aliphatic carbocycles. The van der Waals surface area contributed by atoms with Crippen molar-refractivity contribution in [3.63, 3.8) is 0 Å². The highest BCUT2D eigenvalue weighted by Crippen LogP contribution is 2.25. The molecule has 18 heavy (non-hydrogen) atoms. The Morgan fingerprint density at radius 2 is 2.17 bits per heavy atom. The van der Waals surface area contributed by atoms with E-state index in [4.69, 9.17) is 9.84 Å². The predicted molar refractivity (Wildman–Crippen MR) is 73.0 cm³/mol. The highest BCUT2D eigenvalue weighted by Gasteiger charge is 2.13. The van der Waals surface area contributed by atoms with Gasteiger partial charge < -0.3 is 9.84 Å². The molecule has 1 aromatic heterocycles. The smallest absolute Gasteiger partial charge is 0.339 e. The number of aromatic nitrogens is 2. The van der Waals surface area contributed by atoms with Gasteiger partial charge in [0, 0.05) is 9.64 Å². The zero-order chi connectivity index (χ0) is 13.1. The largest absolute Gasteiger partial charge is 0.478 e. The molecule has 0 aliphatic rings. The fraction of sp³-hybridized carbons (Fsp3) is 0.0833. The normalized spacial score (nSPS) is 10.1. The van der Waals surface area contributed by atoms with Crippen LogP contribution in [0.2, 0.25) is 0 Å². The van der Waals surface area contributed by atoms with Crippen molar-refractivity contribution in [1.29, 1.82) is 0 Å². The summed E-state index contributed by atoms with van der Waals surface area (Å²) < 4.78 is 6.28. The molecular weight excluding hydrogens is 347 g/mol. The van der Waals surface area contributed by atoms with Gasteiger partial charge in [-0.3, -0.25) is 0 Å². The van der Waals surface area contributed by atoms with Crippen LogP contribution in [0.4, 0.5) is 0 Å². The molecule has 5 nitrogen and oxygen atoms in total. The fourth-order valence-corrected chi connectivity index (χ4v) is 1.85. The highest BCUT2D eigenvalue weighted by molar-refractivity contribution is 14.1. The summed E-state index contributed by atoms with van der Waals surface area (Å²) >= 11 is 2.04. The van der Waals surface area contributed by atoms with Gasteiger partial charge in [0.05, 0.1) is 6.20 Å². The number of benzene rings is 1. The minimum absolute atomic E-state index is 0.102. The third kappa shape index (κ3) is 2.95. The van der Waals surface area contributed by atoms with E-state index in [1.54, 1.807) is 30.5 Å². The van der Waals surface area contributed by atoms with Crippen molar-refractivity contribution < 1.29 is 14.6 Å². The number of halogens is 1. The first-order valence-electron chi connectivity index (χ1n) is 5.06. The number of carboxylic acid groups (broad SMARTS) is 1. The number of hydrogen-bond donors (Lipinski definition) is 1. The number of nitrogens with zero attached hydrogens (tertiary/aromatic N) is 2. The molecule has 1 N–H and O–H groups in total. The number of aromatic carboxylic acids is 1. The van der Waals surface area contributed by atoms with Crippen LogP contribution in [0.5, 0.6) is 11.6 Å². The summed E-state index contributed by atoms with van der Waals surface area (Å²) in [6.07, 6.45) is 1.60. The molecular formula is C12H9IN2O3. The number of carboxylic acids is 1. The number of rotatable bonds is 3. The van der Waals surface area contributed by atoms with Crippen molar-refractivity contribution in [2.24, 2.45) is 0 Å². The SMILES string of the molecule is Cc1cnnc(Oc2ccc(I)cc2C(=O)O)c1. The quantitative estimate of drug-likeness (QED) is 0.857. The lowest BCUT2D eigenvalue weighted by Gasteiger charge is -2.08. The van der Waals surface area contributed by atoms with Crippen molar-refractivity contribution in [1.82, 2.24) is 10.2 Å². The minimum Gasteiger partial charge on any atom is -0.478 e. The maximum absolute atomic E-state index is 11.1. The van der Waals surface area contributed by atoms with Gasteiger partial charge in [0.2, 0.25) is 5.88 Å². The molecule has 0 atom stereocenters. The van der Waals surface area contributed by atoms with E-state index in [0.29, 0.717) is 0 Å². The lowest BCUT2D eigenvalue weighted by molar-refractivity contribution is 0.0694. The van der Waals surface area contributed by atoms with E-state index in [9.17, 15) is 4.79 Å². The maximum atomic E-state index is 11.1. The Hall–Kier alpha value is -1.70. The number of hydrogen-bond acceptors (Lipinski definition) is 4. The summed E-state index contributed by atoms with van der Waals surface area (Å²) in [7, 11) is 0. The second kappa shape index (κ2) is 5.30. The van der Waals surface area contributed by atoms with Gasteiger partial charge in [0.15, 0.2) is 0 Å². The molecule has 0 saturated heterocycles. The van der Waals surface area contributed by atoms with Crippen LogP contribution in [0.3, 0.4) is 0 Å². The topological polar surface area (TPSA) is 72.3 Å². The molecule has 2 aromatic rings. The summed E-state index contributed by atoms with van der Waals surface area (Å²) in [5.41, 5.74) is 0.993. The van der Waals surface area contributed by atoms with Gasteiger partial charge in [0.1, 0.15) is 11.3 Å². The summed E-state index contributed by atoms with van der Waals surface area (Å²) in [6.45, 7) is 1.85. The van der Waals surface area contributed by atoms with E-state index in [2.05, 4.69) is 10.2 Å². The molecule has 0 spiro atoms. The summed E-state index contributed by atoms with van der Waals surface area (Å²) in [5, 5.41) is 16.6. The van der Waals surface area contributed by atoms with Gasteiger partial charge in [-0.2, -0.15) is 5.10 Å². The summed E-state index contributed by atoms with van der Waals surface area (Å²) in [4.78, 5) is 11.1. The molecule has 0 radical (unpaired) electrons. The molecule has 0 aliphatic heterocycles. The molecule has 1 heterocycles. The first kappa shape index (κ1) is 12.7. The molecule has 6 heteroatoms. The zero-order valence-corrected chi connectivity index (χ0v) is 11.6. The van der Waals surface area contributed by atoms with E-state index in [0.717, 1.165) is 9.13 Å². The van der Waals surface area contributed by atoms with Crippen molar-refractivity contribution in [2.75, 3.05) is 0 Å². The monoisotopic (exact) mass is 356 g/mol. The van der Waals surface area contributed by atoms with E-state index < -0.39 is 5.97 Å². The van der Waals surface area contributed by atoms with E-state index in [1.165, 1.54) is 0 Å². The molecule has 0 bridgehead atoms. The zero-order valence-electron chi connectivity index (χ0n) is 9.42. The Kier molecular flexibility index (Phi) is 3.75. The fourth-order valence-electron chi connectivity index (χ4n) is 1.36. The van der Waals surface area contributed by atoms with Crippen molar-refractivity contribution in [3.05, 3.63) is 45.2 Å². The predicted octanol–water partition coefficient (Wildman–Crippen LogP) is 2.88. The maximum Gasteiger partial charge on any atom is 0.339 e. The van der Waals surface area contributed by atoms with Crippen LogP contribution in [0.15, 0.2) is 30.5 Å². The average Bonchev–Trinajstić information content (AvgIpc) is 2.31. The lowest BCUT2D eigenvalue weighted by Crippen LogP contribution is -2.01. The Balaban J connectivity index is 2.37. The Morgan fingerprint density at radius 3 is 2.83 bits per heavy atom. The van der Waals surface area contributed by atoms with Crippen molar-refractivity contribution in [3.8, 4) is 11.6 Å². The first-order chi connectivity index (χ1) is 8.56. The van der Waals surface area contributed by atoms with Crippen LogP contribution in [-0.2, 0) is 0 Å². The van der Waals surface area contributed by atoms with Gasteiger partial charge >= 0.3 is 5.97 Å². The van der Waals surface area contributed by atoms with Crippen LogP contribution >= 0.6 is 22.6 Å². The Morgan fingerprint density at radius 1 is 1.39 bits per heavy atom. The molecule has 1 aromatic carbocycles. The molecule has 92 valence electrons. The number of aryl methyl sites for hydroxylation is 1. The van der Waals surface area contributed by atoms with Gasteiger partial charge in [-0.1, -0.05) is 0 Å². The average molecular weight is 356 g/mol. The van der Waals surface area contributed by atoms with Gasteiger partial charge in [0.25, 0.3) is 0 Å². The number of ether oxygens (including phenoxy) is 1. The van der Waals surface area contributed by atoms with Gasteiger partial charge in [-0.25, -0.2) is 4.79 Å². The molecule has 0 unspecified atom stereocenters. The summed E-state index contributed by atoms with van der Waals surface area (Å²) in [6, 6.07) is 6.61. The Labute approximate surface area is 117 Å². The second-order valence-corrected chi connectivity index (χ2v) is 4.86. The van der Waals surface area contributed by atoms with Crippen LogP contribution < -0.4 is 4.74 Å². The third-order valence-electron chi connectivity index (χ3n) is 2.16. The van der Waals surface area contributed by atoms with Crippen molar-refractivity contribution in [2.45, 2.75) is 6.92 Å². The first-order valence-corrected chi connectivity index (χ1v) is 6.14. The van der Waals surface area contributed by atoms with Crippen LogP contribution in [0.1, 0.15) is 15.9 Å². The van der Waals surface area contributed by atoms with Crippen LogP contribution in [0, 0.1) is 10.5 Å². The molecule has 2 rings (SSSR count). The van der Waals surface area contributed by atoms with Crippen molar-refractivity contribution >= 4 is 28.6 Å². The van der Waals surface area contributed by atoms with E-state index >= 15 is 0 Å². The molecule has 0 saturated carbocycles. The van der Waals surface area contributed by atoms with Gasteiger partial charge in [-0.15, -0.1) is 5.10 Å². The highest BCUT2D eigenvalue weighted by atomic mass is 127. The summed E-state index contributed by atoms with van der Waals surface area (Å²) in [5.74, 6) is -0.509. The lowest BCUT2D eigenvalue weighted by atomic mass is 10.2. The van der Waals surface area contributed by atoms with Crippen LogP contribution in [0.25, 0.3) is 0 Å². The van der Waals surface area contributed by atoms with Crippen LogP contribution in [-0.4, -0.2) is 21.3 Å².